The van der Waals surface area contributed by atoms with Crippen molar-refractivity contribution in [3.8, 4) is 0 Å². The number of hydrogen-bond acceptors (Lipinski definition) is 3. The molecule has 0 radical (unpaired) electrons. The Balaban J connectivity index is 3.51. The van der Waals surface area contributed by atoms with Crippen molar-refractivity contribution in [2.45, 2.75) is 32.2 Å². The third-order valence-electron chi connectivity index (χ3n) is 1.93. The molecule has 0 aromatic heterocycles. The van der Waals surface area contributed by atoms with Crippen LogP contribution < -0.4 is 22.1 Å². The summed E-state index contributed by atoms with van der Waals surface area (Å²) >= 11 is 0. The molecule has 0 aliphatic heterocycles. The molecule has 0 heterocycles. The molecule has 6 heteroatoms. The van der Waals surface area contributed by atoms with Crippen LogP contribution in [-0.2, 0) is 4.79 Å². The van der Waals surface area contributed by atoms with Crippen molar-refractivity contribution in [1.29, 1.82) is 0 Å². The van der Waals surface area contributed by atoms with Gasteiger partial charge in [-0.05, 0) is 6.42 Å². The van der Waals surface area contributed by atoms with E-state index in [9.17, 15) is 9.59 Å². The molecule has 0 aromatic rings. The number of hydrogen-bond donors (Lipinski definition) is 4. The van der Waals surface area contributed by atoms with E-state index in [1.807, 2.05) is 6.92 Å². The highest BCUT2D eigenvalue weighted by Gasteiger charge is 2.11. The summed E-state index contributed by atoms with van der Waals surface area (Å²) in [6, 6.07) is -1.06. The average Bonchev–Trinajstić information content (AvgIpc) is 2.20. The fourth-order valence-corrected chi connectivity index (χ4v) is 1.06. The lowest BCUT2D eigenvalue weighted by Gasteiger charge is -2.11. The van der Waals surface area contributed by atoms with Gasteiger partial charge < -0.3 is 22.1 Å². The monoisotopic (exact) mass is 216 g/mol. The topological polar surface area (TPSA) is 110 Å². The highest BCUT2D eigenvalue weighted by molar-refractivity contribution is 5.81. The zero-order chi connectivity index (χ0) is 11.7. The first kappa shape index (κ1) is 13.7. The first-order valence-corrected chi connectivity index (χ1v) is 5.14. The number of carbonyl (C=O) groups excluding carboxylic acids is 2. The fourth-order valence-electron chi connectivity index (χ4n) is 1.06. The van der Waals surface area contributed by atoms with Gasteiger partial charge in [0, 0.05) is 13.1 Å². The normalized spacial score (nSPS) is 11.9. The number of primary amides is 1. The van der Waals surface area contributed by atoms with E-state index < -0.39 is 12.1 Å². The number of nitrogens with one attached hydrogen (secondary N) is 2. The lowest BCUT2D eigenvalue weighted by molar-refractivity contribution is -0.122. The number of urea groups is 1. The summed E-state index contributed by atoms with van der Waals surface area (Å²) in [5, 5.41) is 4.98. The second-order valence-electron chi connectivity index (χ2n) is 3.33. The van der Waals surface area contributed by atoms with Gasteiger partial charge in [0.15, 0.2) is 0 Å². The van der Waals surface area contributed by atoms with Crippen molar-refractivity contribution in [3.63, 3.8) is 0 Å². The van der Waals surface area contributed by atoms with Gasteiger partial charge in [0.1, 0.15) is 0 Å². The SMILES string of the molecule is CCCC[C@H](N)C(=O)NCCNC(N)=O. The summed E-state index contributed by atoms with van der Waals surface area (Å²) in [7, 11) is 0. The molecular formula is C9H20N4O2. The first-order chi connectivity index (χ1) is 7.07. The van der Waals surface area contributed by atoms with E-state index in [1.54, 1.807) is 0 Å². The van der Waals surface area contributed by atoms with Crippen molar-refractivity contribution in [3.05, 3.63) is 0 Å². The highest BCUT2D eigenvalue weighted by Crippen LogP contribution is 1.97. The van der Waals surface area contributed by atoms with Gasteiger partial charge >= 0.3 is 6.03 Å². The maximum atomic E-state index is 11.3. The van der Waals surface area contributed by atoms with Gasteiger partial charge in [-0.15, -0.1) is 0 Å². The Morgan fingerprint density at radius 3 is 2.40 bits per heavy atom. The first-order valence-electron chi connectivity index (χ1n) is 5.14. The third-order valence-corrected chi connectivity index (χ3v) is 1.93. The van der Waals surface area contributed by atoms with Crippen LogP contribution in [0, 0.1) is 0 Å². The molecular weight excluding hydrogens is 196 g/mol. The van der Waals surface area contributed by atoms with Crippen LogP contribution >= 0.6 is 0 Å². The van der Waals surface area contributed by atoms with E-state index in [0.717, 1.165) is 12.8 Å². The zero-order valence-electron chi connectivity index (χ0n) is 9.08. The van der Waals surface area contributed by atoms with Crippen LogP contribution in [0.3, 0.4) is 0 Å². The molecule has 0 saturated carbocycles. The Morgan fingerprint density at radius 2 is 1.87 bits per heavy atom. The highest BCUT2D eigenvalue weighted by atomic mass is 16.2. The molecule has 15 heavy (non-hydrogen) atoms. The number of rotatable bonds is 7. The van der Waals surface area contributed by atoms with Gasteiger partial charge in [0.2, 0.25) is 5.91 Å². The van der Waals surface area contributed by atoms with Crippen molar-refractivity contribution in [2.75, 3.05) is 13.1 Å². The largest absolute Gasteiger partial charge is 0.353 e. The Kier molecular flexibility index (Phi) is 7.35. The number of amides is 3. The molecule has 0 aliphatic carbocycles. The van der Waals surface area contributed by atoms with Crippen LogP contribution in [0.5, 0.6) is 0 Å². The minimum atomic E-state index is -0.598. The zero-order valence-corrected chi connectivity index (χ0v) is 9.08. The Morgan fingerprint density at radius 1 is 1.27 bits per heavy atom. The summed E-state index contributed by atoms with van der Waals surface area (Å²) in [6.07, 6.45) is 2.64. The van der Waals surface area contributed by atoms with Crippen molar-refractivity contribution < 1.29 is 9.59 Å². The predicted octanol–water partition coefficient (Wildman–Crippen LogP) is -0.712. The van der Waals surface area contributed by atoms with Crippen LogP contribution in [0.4, 0.5) is 4.79 Å². The maximum Gasteiger partial charge on any atom is 0.312 e. The molecule has 0 unspecified atom stereocenters. The van der Waals surface area contributed by atoms with Crippen molar-refractivity contribution >= 4 is 11.9 Å². The lowest BCUT2D eigenvalue weighted by Crippen LogP contribution is -2.44. The molecule has 3 amide bonds. The molecule has 0 fully saturated rings. The van der Waals surface area contributed by atoms with E-state index in [4.69, 9.17) is 11.5 Å². The Bertz CT molecular complexity index is 208. The molecule has 0 spiro atoms. The molecule has 0 aromatic carbocycles. The van der Waals surface area contributed by atoms with Crippen molar-refractivity contribution in [1.82, 2.24) is 10.6 Å². The molecule has 6 nitrogen and oxygen atoms in total. The van der Waals surface area contributed by atoms with E-state index in [0.29, 0.717) is 19.5 Å². The van der Waals surface area contributed by atoms with E-state index in [-0.39, 0.29) is 5.91 Å². The smallest absolute Gasteiger partial charge is 0.312 e. The van der Waals surface area contributed by atoms with Gasteiger partial charge in [-0.1, -0.05) is 19.8 Å². The second-order valence-corrected chi connectivity index (χ2v) is 3.33. The third kappa shape index (κ3) is 7.75. The summed E-state index contributed by atoms with van der Waals surface area (Å²) in [5.74, 6) is -0.185. The quantitative estimate of drug-likeness (QED) is 0.422. The molecule has 6 N–H and O–H groups in total. The van der Waals surface area contributed by atoms with Crippen molar-refractivity contribution in [2.24, 2.45) is 11.5 Å². The predicted molar refractivity (Wildman–Crippen MR) is 58.1 cm³/mol. The molecule has 0 rings (SSSR count). The maximum absolute atomic E-state index is 11.3. The number of unbranched alkanes of at least 4 members (excludes halogenated alkanes) is 1. The standard InChI is InChI=1S/C9H20N4O2/c1-2-3-4-7(10)8(14)12-5-6-13-9(11)15/h7H,2-6,10H2,1H3,(H,12,14)(H3,11,13,15)/t7-/m0/s1. The fraction of sp³-hybridized carbons (Fsp3) is 0.778. The van der Waals surface area contributed by atoms with Crippen LogP contribution in [0.25, 0.3) is 0 Å². The van der Waals surface area contributed by atoms with Gasteiger partial charge in [-0.3, -0.25) is 4.79 Å². The van der Waals surface area contributed by atoms with E-state index in [1.165, 1.54) is 0 Å². The molecule has 88 valence electrons. The molecule has 0 aliphatic rings. The summed E-state index contributed by atoms with van der Waals surface area (Å²) in [5.41, 5.74) is 10.5. The minimum absolute atomic E-state index is 0.185. The van der Waals surface area contributed by atoms with Crippen LogP contribution in [-0.4, -0.2) is 31.1 Å². The number of carbonyl (C=O) groups is 2. The van der Waals surface area contributed by atoms with Gasteiger partial charge in [-0.2, -0.15) is 0 Å². The summed E-state index contributed by atoms with van der Waals surface area (Å²) in [6.45, 7) is 2.71. The second kappa shape index (κ2) is 8.05. The van der Waals surface area contributed by atoms with Crippen LogP contribution in [0.15, 0.2) is 0 Å². The van der Waals surface area contributed by atoms with E-state index >= 15 is 0 Å². The molecule has 0 saturated heterocycles. The van der Waals surface area contributed by atoms with Crippen LogP contribution in [0.1, 0.15) is 26.2 Å². The summed E-state index contributed by atoms with van der Waals surface area (Å²) in [4.78, 5) is 21.6. The minimum Gasteiger partial charge on any atom is -0.353 e. The number of nitrogens with two attached hydrogens (primary N) is 2. The molecule has 0 bridgehead atoms. The van der Waals surface area contributed by atoms with Crippen LogP contribution in [0.2, 0.25) is 0 Å². The van der Waals surface area contributed by atoms with Gasteiger partial charge in [0.05, 0.1) is 6.04 Å². The summed E-state index contributed by atoms with van der Waals surface area (Å²) < 4.78 is 0. The Hall–Kier alpha value is -1.30. The average molecular weight is 216 g/mol. The lowest BCUT2D eigenvalue weighted by atomic mass is 10.1. The van der Waals surface area contributed by atoms with Gasteiger partial charge in [-0.25, -0.2) is 4.79 Å². The van der Waals surface area contributed by atoms with E-state index in [2.05, 4.69) is 10.6 Å². The van der Waals surface area contributed by atoms with Gasteiger partial charge in [0.25, 0.3) is 0 Å². The molecule has 1 atom stereocenters. The Labute approximate surface area is 89.8 Å².